The molecule has 3 aromatic carbocycles. The van der Waals surface area contributed by atoms with E-state index in [4.69, 9.17) is 40.2 Å². The molecule has 0 saturated carbocycles. The van der Waals surface area contributed by atoms with Crippen LogP contribution >= 0.6 is 51.3 Å². The summed E-state index contributed by atoms with van der Waals surface area (Å²) in [5.41, 5.74) is 2.83. The number of hydrogen-bond donors (Lipinski definition) is 1. The van der Waals surface area contributed by atoms with Gasteiger partial charge < -0.3 is 15.0 Å². The summed E-state index contributed by atoms with van der Waals surface area (Å²) in [6.45, 7) is 1.07. The molecule has 150 valence electrons. The van der Waals surface area contributed by atoms with Gasteiger partial charge in [-0.15, -0.1) is 0 Å². The van der Waals surface area contributed by atoms with Crippen molar-refractivity contribution in [2.75, 3.05) is 12.4 Å². The zero-order valence-corrected chi connectivity index (χ0v) is 19.6. The molecule has 0 aliphatic rings. The molecule has 0 amide bonds. The van der Waals surface area contributed by atoms with Crippen molar-refractivity contribution in [3.8, 4) is 5.75 Å². The van der Waals surface area contributed by atoms with Gasteiger partial charge in [0.25, 0.3) is 0 Å². The van der Waals surface area contributed by atoms with Gasteiger partial charge in [0.05, 0.1) is 7.11 Å². The van der Waals surface area contributed by atoms with Crippen molar-refractivity contribution in [1.29, 1.82) is 0 Å². The molecule has 0 bridgehead atoms. The van der Waals surface area contributed by atoms with Gasteiger partial charge in [0.1, 0.15) is 5.75 Å². The van der Waals surface area contributed by atoms with Crippen LogP contribution in [0.1, 0.15) is 11.1 Å². The number of benzene rings is 3. The monoisotopic (exact) mass is 508 g/mol. The van der Waals surface area contributed by atoms with Crippen molar-refractivity contribution in [3.63, 3.8) is 0 Å². The minimum Gasteiger partial charge on any atom is -0.497 e. The third-order valence-corrected chi connectivity index (χ3v) is 5.92. The SMILES string of the molecule is COc1ccc(CN(Cc2c(Cl)cccc2Cl)C(=S)Nc2ccc(Br)cc2)cc1. The van der Waals surface area contributed by atoms with E-state index in [1.54, 1.807) is 7.11 Å². The van der Waals surface area contributed by atoms with Gasteiger partial charge in [-0.2, -0.15) is 0 Å². The van der Waals surface area contributed by atoms with Crippen LogP contribution in [0.15, 0.2) is 71.2 Å². The maximum Gasteiger partial charge on any atom is 0.174 e. The topological polar surface area (TPSA) is 24.5 Å². The highest BCUT2D eigenvalue weighted by Gasteiger charge is 2.16. The van der Waals surface area contributed by atoms with Crippen LogP contribution in [0.4, 0.5) is 5.69 Å². The van der Waals surface area contributed by atoms with E-state index >= 15 is 0 Å². The maximum absolute atomic E-state index is 6.40. The summed E-state index contributed by atoms with van der Waals surface area (Å²) in [6.07, 6.45) is 0. The van der Waals surface area contributed by atoms with Crippen molar-refractivity contribution < 1.29 is 4.74 Å². The Hall–Kier alpha value is -1.79. The zero-order valence-electron chi connectivity index (χ0n) is 15.7. The summed E-state index contributed by atoms with van der Waals surface area (Å²) in [4.78, 5) is 2.03. The number of methoxy groups -OCH3 is 1. The number of thiocarbonyl (C=S) groups is 1. The second-order valence-corrected chi connectivity index (χ2v) is 8.46. The molecule has 0 saturated heterocycles. The van der Waals surface area contributed by atoms with Gasteiger partial charge in [0.2, 0.25) is 0 Å². The summed E-state index contributed by atoms with van der Waals surface area (Å²) in [6, 6.07) is 21.2. The molecule has 3 nitrogen and oxygen atoms in total. The molecule has 0 spiro atoms. The van der Waals surface area contributed by atoms with Crippen LogP contribution in [-0.4, -0.2) is 17.1 Å². The second-order valence-electron chi connectivity index (χ2n) is 6.34. The normalized spacial score (nSPS) is 10.5. The summed E-state index contributed by atoms with van der Waals surface area (Å²) in [5.74, 6) is 0.810. The van der Waals surface area contributed by atoms with Gasteiger partial charge in [0.15, 0.2) is 5.11 Å². The Morgan fingerprint density at radius 2 is 1.59 bits per heavy atom. The molecule has 0 aliphatic carbocycles. The Morgan fingerprint density at radius 3 is 2.17 bits per heavy atom. The van der Waals surface area contributed by atoms with Crippen molar-refractivity contribution >= 4 is 62.1 Å². The number of nitrogens with zero attached hydrogens (tertiary/aromatic N) is 1. The smallest absolute Gasteiger partial charge is 0.174 e. The Balaban J connectivity index is 1.84. The first kappa shape index (κ1) is 21.9. The van der Waals surface area contributed by atoms with Gasteiger partial charge in [-0.05, 0) is 66.3 Å². The number of rotatable bonds is 6. The molecule has 0 unspecified atom stereocenters. The van der Waals surface area contributed by atoms with Gasteiger partial charge in [-0.25, -0.2) is 0 Å². The van der Waals surface area contributed by atoms with Crippen LogP contribution in [-0.2, 0) is 13.1 Å². The fourth-order valence-corrected chi connectivity index (χ4v) is 3.79. The highest BCUT2D eigenvalue weighted by Crippen LogP contribution is 2.27. The van der Waals surface area contributed by atoms with E-state index in [0.29, 0.717) is 28.2 Å². The standard InChI is InChI=1S/C22H19BrCl2N2OS/c1-28-18-11-5-15(6-12-18)13-27(14-19-20(24)3-2-4-21(19)25)22(29)26-17-9-7-16(23)8-10-17/h2-12H,13-14H2,1H3,(H,26,29). The van der Waals surface area contributed by atoms with E-state index < -0.39 is 0 Å². The molecule has 0 heterocycles. The zero-order chi connectivity index (χ0) is 20.8. The Kier molecular flexibility index (Phi) is 7.78. The number of nitrogens with one attached hydrogen (secondary N) is 1. The molecule has 1 N–H and O–H groups in total. The van der Waals surface area contributed by atoms with Gasteiger partial charge >= 0.3 is 0 Å². The molecule has 3 rings (SSSR count). The second kappa shape index (κ2) is 10.3. The summed E-state index contributed by atoms with van der Waals surface area (Å²) >= 11 is 22.0. The average Bonchev–Trinajstić information content (AvgIpc) is 2.72. The Bertz CT molecular complexity index is 961. The van der Waals surface area contributed by atoms with E-state index in [1.807, 2.05) is 71.6 Å². The van der Waals surface area contributed by atoms with E-state index in [1.165, 1.54) is 0 Å². The molecular formula is C22H19BrCl2N2OS. The van der Waals surface area contributed by atoms with Gasteiger partial charge in [-0.1, -0.05) is 57.3 Å². The van der Waals surface area contributed by atoms with Crippen LogP contribution in [0.25, 0.3) is 0 Å². The fourth-order valence-electron chi connectivity index (χ4n) is 2.76. The molecule has 0 atom stereocenters. The number of ether oxygens (including phenoxy) is 1. The van der Waals surface area contributed by atoms with Crippen LogP contribution in [0.2, 0.25) is 10.0 Å². The van der Waals surface area contributed by atoms with Gasteiger partial charge in [0, 0.05) is 38.9 Å². The molecule has 3 aromatic rings. The molecular weight excluding hydrogens is 491 g/mol. The van der Waals surface area contributed by atoms with Crippen molar-refractivity contribution in [2.45, 2.75) is 13.1 Å². The van der Waals surface area contributed by atoms with Crippen molar-refractivity contribution in [1.82, 2.24) is 4.90 Å². The van der Waals surface area contributed by atoms with Crippen LogP contribution in [0.5, 0.6) is 5.75 Å². The van der Waals surface area contributed by atoms with Crippen LogP contribution < -0.4 is 10.1 Å². The van der Waals surface area contributed by atoms with E-state index in [-0.39, 0.29) is 0 Å². The largest absolute Gasteiger partial charge is 0.497 e. The number of hydrogen-bond acceptors (Lipinski definition) is 2. The summed E-state index contributed by atoms with van der Waals surface area (Å²) in [7, 11) is 1.65. The minimum atomic E-state index is 0.479. The predicted octanol–water partition coefficient (Wildman–Crippen LogP) is 7.16. The minimum absolute atomic E-state index is 0.479. The van der Waals surface area contributed by atoms with Gasteiger partial charge in [-0.3, -0.25) is 0 Å². The lowest BCUT2D eigenvalue weighted by molar-refractivity contribution is 0.407. The lowest BCUT2D eigenvalue weighted by Gasteiger charge is -2.27. The Labute approximate surface area is 194 Å². The molecule has 29 heavy (non-hydrogen) atoms. The van der Waals surface area contributed by atoms with E-state index in [0.717, 1.165) is 27.0 Å². The highest BCUT2D eigenvalue weighted by atomic mass is 79.9. The fraction of sp³-hybridized carbons (Fsp3) is 0.136. The van der Waals surface area contributed by atoms with Crippen molar-refractivity contribution in [2.24, 2.45) is 0 Å². The lowest BCUT2D eigenvalue weighted by Crippen LogP contribution is -2.34. The predicted molar refractivity (Wildman–Crippen MR) is 129 cm³/mol. The molecule has 0 aromatic heterocycles. The first-order valence-electron chi connectivity index (χ1n) is 8.83. The quantitative estimate of drug-likeness (QED) is 0.356. The first-order valence-corrected chi connectivity index (χ1v) is 10.8. The van der Waals surface area contributed by atoms with Crippen LogP contribution in [0.3, 0.4) is 0 Å². The summed E-state index contributed by atoms with van der Waals surface area (Å²) in [5, 5.41) is 5.11. The number of halogens is 3. The first-order chi connectivity index (χ1) is 14.0. The Morgan fingerprint density at radius 1 is 0.966 bits per heavy atom. The lowest BCUT2D eigenvalue weighted by atomic mass is 10.1. The third kappa shape index (κ3) is 6.09. The average molecular weight is 510 g/mol. The van der Waals surface area contributed by atoms with Crippen LogP contribution in [0, 0.1) is 0 Å². The molecule has 7 heteroatoms. The van der Waals surface area contributed by atoms with Crippen molar-refractivity contribution in [3.05, 3.63) is 92.4 Å². The summed E-state index contributed by atoms with van der Waals surface area (Å²) < 4.78 is 6.25. The highest BCUT2D eigenvalue weighted by molar-refractivity contribution is 9.10. The molecule has 0 aliphatic heterocycles. The third-order valence-electron chi connectivity index (χ3n) is 4.33. The molecule has 0 fully saturated rings. The number of anilines is 1. The van der Waals surface area contributed by atoms with E-state index in [9.17, 15) is 0 Å². The molecule has 0 radical (unpaired) electrons. The van der Waals surface area contributed by atoms with E-state index in [2.05, 4.69) is 21.2 Å². The maximum atomic E-state index is 6.40.